The van der Waals surface area contributed by atoms with E-state index >= 15 is 0 Å². The molecule has 0 radical (unpaired) electrons. The quantitative estimate of drug-likeness (QED) is 0.183. The van der Waals surface area contributed by atoms with E-state index in [0.29, 0.717) is 16.7 Å². The van der Waals surface area contributed by atoms with Crippen LogP contribution in [-0.2, 0) is 14.3 Å². The molecule has 0 N–H and O–H groups in total. The van der Waals surface area contributed by atoms with Crippen molar-refractivity contribution in [3.63, 3.8) is 0 Å². The number of non-ortho nitro benzene ring substituents is 1. The van der Waals surface area contributed by atoms with Crippen LogP contribution < -0.4 is 4.74 Å². The van der Waals surface area contributed by atoms with Gasteiger partial charge in [-0.15, -0.1) is 0 Å². The van der Waals surface area contributed by atoms with Crippen LogP contribution in [0.15, 0.2) is 95.6 Å². The second-order valence-corrected chi connectivity index (χ2v) is 6.84. The van der Waals surface area contributed by atoms with Crippen LogP contribution in [-0.4, -0.2) is 22.8 Å². The van der Waals surface area contributed by atoms with E-state index in [1.54, 1.807) is 36.4 Å². The van der Waals surface area contributed by atoms with Crippen LogP contribution in [0.5, 0.6) is 5.75 Å². The number of nitro groups is 1. The standard InChI is InChI=1S/C25H16N2O6/c28-23(15-12-17-10-13-20(14-11-17)27(30)31)32-22-9-5-4-8-19(22)16-21-25(29)33-24(26-21)18-6-2-1-3-7-18/h1-16H/b15-12+,21-16-. The first-order valence-electron chi connectivity index (χ1n) is 9.81. The zero-order chi connectivity index (χ0) is 23.2. The van der Waals surface area contributed by atoms with Gasteiger partial charge < -0.3 is 9.47 Å². The molecule has 162 valence electrons. The first-order chi connectivity index (χ1) is 16.0. The Labute approximate surface area is 188 Å². The maximum Gasteiger partial charge on any atom is 0.363 e. The van der Waals surface area contributed by atoms with Crippen molar-refractivity contribution in [1.82, 2.24) is 0 Å². The molecule has 4 rings (SSSR count). The number of benzene rings is 3. The lowest BCUT2D eigenvalue weighted by Crippen LogP contribution is -2.06. The van der Waals surface area contributed by atoms with Gasteiger partial charge >= 0.3 is 11.9 Å². The highest BCUT2D eigenvalue weighted by Gasteiger charge is 2.24. The molecule has 1 aliphatic heterocycles. The Bertz CT molecular complexity index is 1310. The minimum atomic E-state index is -0.651. The first-order valence-corrected chi connectivity index (χ1v) is 9.81. The highest BCUT2D eigenvalue weighted by molar-refractivity contribution is 6.13. The van der Waals surface area contributed by atoms with E-state index in [2.05, 4.69) is 4.99 Å². The molecule has 8 heteroatoms. The molecular formula is C25H16N2O6. The maximum absolute atomic E-state index is 12.3. The number of nitro benzene ring substituents is 1. The monoisotopic (exact) mass is 440 g/mol. The highest BCUT2D eigenvalue weighted by atomic mass is 16.6. The molecule has 1 aliphatic rings. The van der Waals surface area contributed by atoms with Gasteiger partial charge in [0.15, 0.2) is 5.70 Å². The minimum Gasteiger partial charge on any atom is -0.423 e. The van der Waals surface area contributed by atoms with Crippen LogP contribution in [0.3, 0.4) is 0 Å². The number of cyclic esters (lactones) is 1. The second kappa shape index (κ2) is 9.52. The summed E-state index contributed by atoms with van der Waals surface area (Å²) in [5.41, 5.74) is 1.79. The van der Waals surface area contributed by atoms with Gasteiger partial charge in [0.05, 0.1) is 4.92 Å². The molecule has 0 atom stereocenters. The molecule has 3 aromatic rings. The fourth-order valence-corrected chi connectivity index (χ4v) is 2.97. The van der Waals surface area contributed by atoms with Crippen LogP contribution in [0.2, 0.25) is 0 Å². The molecule has 0 saturated heterocycles. The summed E-state index contributed by atoms with van der Waals surface area (Å²) in [5.74, 6) is -0.818. The number of nitrogens with zero attached hydrogens (tertiary/aromatic N) is 2. The number of hydrogen-bond donors (Lipinski definition) is 0. The Morgan fingerprint density at radius 2 is 1.67 bits per heavy atom. The Morgan fingerprint density at radius 1 is 0.970 bits per heavy atom. The van der Waals surface area contributed by atoms with Crippen molar-refractivity contribution < 1.29 is 24.0 Å². The van der Waals surface area contributed by atoms with E-state index in [4.69, 9.17) is 9.47 Å². The third kappa shape index (κ3) is 5.26. The zero-order valence-electron chi connectivity index (χ0n) is 17.1. The fourth-order valence-electron chi connectivity index (χ4n) is 2.97. The van der Waals surface area contributed by atoms with E-state index in [1.807, 2.05) is 18.2 Å². The summed E-state index contributed by atoms with van der Waals surface area (Å²) >= 11 is 0. The molecule has 0 saturated carbocycles. The number of rotatable bonds is 6. The average molecular weight is 440 g/mol. The Kier molecular flexibility index (Phi) is 6.17. The van der Waals surface area contributed by atoms with Crippen LogP contribution in [0, 0.1) is 10.1 Å². The van der Waals surface area contributed by atoms with Gasteiger partial charge in [-0.3, -0.25) is 10.1 Å². The van der Waals surface area contributed by atoms with E-state index in [1.165, 1.54) is 42.5 Å². The molecular weight excluding hydrogens is 424 g/mol. The highest BCUT2D eigenvalue weighted by Crippen LogP contribution is 2.25. The first kappa shape index (κ1) is 21.4. The third-order valence-corrected chi connectivity index (χ3v) is 4.58. The van der Waals surface area contributed by atoms with E-state index in [-0.39, 0.29) is 23.0 Å². The van der Waals surface area contributed by atoms with E-state index in [9.17, 15) is 19.7 Å². The van der Waals surface area contributed by atoms with Gasteiger partial charge in [0.1, 0.15) is 5.75 Å². The van der Waals surface area contributed by atoms with Gasteiger partial charge in [0.25, 0.3) is 5.69 Å². The van der Waals surface area contributed by atoms with Crippen molar-refractivity contribution in [3.8, 4) is 5.75 Å². The smallest absolute Gasteiger partial charge is 0.363 e. The van der Waals surface area contributed by atoms with E-state index in [0.717, 1.165) is 0 Å². The number of carbonyl (C=O) groups excluding carboxylic acids is 2. The number of hydrogen-bond acceptors (Lipinski definition) is 7. The topological polar surface area (TPSA) is 108 Å². The molecule has 0 unspecified atom stereocenters. The van der Waals surface area contributed by atoms with Gasteiger partial charge in [-0.2, -0.15) is 0 Å². The molecule has 0 amide bonds. The molecule has 0 bridgehead atoms. The van der Waals surface area contributed by atoms with Crippen molar-refractivity contribution in [2.45, 2.75) is 0 Å². The largest absolute Gasteiger partial charge is 0.423 e. The SMILES string of the molecule is O=C(/C=C/c1ccc([N+](=O)[O-])cc1)Oc1ccccc1/C=C1\N=C(c2ccccc2)OC1=O. The molecule has 33 heavy (non-hydrogen) atoms. The summed E-state index contributed by atoms with van der Waals surface area (Å²) in [6.07, 6.45) is 4.18. The molecule has 1 heterocycles. The summed E-state index contributed by atoms with van der Waals surface area (Å²) in [7, 11) is 0. The van der Waals surface area contributed by atoms with Crippen molar-refractivity contribution in [3.05, 3.63) is 117 Å². The van der Waals surface area contributed by atoms with Crippen LogP contribution >= 0.6 is 0 Å². The summed E-state index contributed by atoms with van der Waals surface area (Å²) in [5, 5.41) is 10.7. The van der Waals surface area contributed by atoms with Crippen LogP contribution in [0.1, 0.15) is 16.7 Å². The minimum absolute atomic E-state index is 0.0415. The predicted octanol–water partition coefficient (Wildman–Crippen LogP) is 4.56. The third-order valence-electron chi connectivity index (χ3n) is 4.58. The fraction of sp³-hybridized carbons (Fsp3) is 0. The average Bonchev–Trinajstić information content (AvgIpc) is 3.20. The maximum atomic E-state index is 12.3. The summed E-state index contributed by atoms with van der Waals surface area (Å²) in [6, 6.07) is 21.5. The summed E-state index contributed by atoms with van der Waals surface area (Å²) in [6.45, 7) is 0. The molecule has 0 aromatic heterocycles. The number of aliphatic imine (C=N–C) groups is 1. The van der Waals surface area contributed by atoms with Crippen molar-refractivity contribution in [2.24, 2.45) is 4.99 Å². The van der Waals surface area contributed by atoms with Gasteiger partial charge in [0, 0.05) is 29.3 Å². The van der Waals surface area contributed by atoms with Crippen molar-refractivity contribution in [2.75, 3.05) is 0 Å². The number of ether oxygens (including phenoxy) is 2. The molecule has 8 nitrogen and oxygen atoms in total. The van der Waals surface area contributed by atoms with E-state index < -0.39 is 16.9 Å². The molecule has 0 aliphatic carbocycles. The van der Waals surface area contributed by atoms with Crippen molar-refractivity contribution in [1.29, 1.82) is 0 Å². The van der Waals surface area contributed by atoms with Gasteiger partial charge in [-0.25, -0.2) is 14.6 Å². The number of esters is 2. The number of para-hydroxylation sites is 1. The zero-order valence-corrected chi connectivity index (χ0v) is 17.1. The van der Waals surface area contributed by atoms with Crippen LogP contribution in [0.4, 0.5) is 5.69 Å². The normalized spacial score (nSPS) is 14.2. The molecule has 0 fully saturated rings. The summed E-state index contributed by atoms with van der Waals surface area (Å²) in [4.78, 5) is 39.0. The lowest BCUT2D eigenvalue weighted by atomic mass is 10.1. The van der Waals surface area contributed by atoms with Crippen LogP contribution in [0.25, 0.3) is 12.2 Å². The van der Waals surface area contributed by atoms with Crippen molar-refractivity contribution >= 4 is 35.7 Å². The second-order valence-electron chi connectivity index (χ2n) is 6.84. The summed E-state index contributed by atoms with van der Waals surface area (Å²) < 4.78 is 10.7. The Hall–Kier alpha value is -4.85. The lowest BCUT2D eigenvalue weighted by Gasteiger charge is -2.05. The van der Waals surface area contributed by atoms with Gasteiger partial charge in [0.2, 0.25) is 5.90 Å². The lowest BCUT2D eigenvalue weighted by molar-refractivity contribution is -0.384. The Morgan fingerprint density at radius 3 is 2.39 bits per heavy atom. The Balaban J connectivity index is 1.50. The predicted molar refractivity (Wildman–Crippen MR) is 121 cm³/mol. The van der Waals surface area contributed by atoms with Gasteiger partial charge in [-0.1, -0.05) is 36.4 Å². The molecule has 3 aromatic carbocycles. The molecule has 0 spiro atoms. The van der Waals surface area contributed by atoms with Gasteiger partial charge in [-0.05, 0) is 48.0 Å². The number of carbonyl (C=O) groups is 2.